The van der Waals surface area contributed by atoms with Gasteiger partial charge < -0.3 is 15.0 Å². The molecule has 1 fully saturated rings. The van der Waals surface area contributed by atoms with Gasteiger partial charge in [-0.25, -0.2) is 9.67 Å². The second-order valence-corrected chi connectivity index (χ2v) is 12.3. The van der Waals surface area contributed by atoms with Crippen LogP contribution in [0.5, 0.6) is 0 Å². The molecule has 1 saturated heterocycles. The molecule has 1 aromatic carbocycles. The molecule has 0 saturated carbocycles. The summed E-state index contributed by atoms with van der Waals surface area (Å²) in [4.78, 5) is 20.4. The molecular weight excluding hydrogens is 486 g/mol. The number of hydrogen-bond acceptors (Lipinski definition) is 6. The summed E-state index contributed by atoms with van der Waals surface area (Å²) in [5, 5.41) is 7.94. The number of nitrogens with one attached hydrogen (secondary N) is 1. The van der Waals surface area contributed by atoms with E-state index in [1.807, 2.05) is 37.7 Å². The molecule has 7 nitrogen and oxygen atoms in total. The number of benzene rings is 1. The van der Waals surface area contributed by atoms with Crippen molar-refractivity contribution in [3.05, 3.63) is 71.2 Å². The molecule has 2 atom stereocenters. The van der Waals surface area contributed by atoms with Crippen molar-refractivity contribution in [2.75, 3.05) is 31.5 Å². The molecule has 3 aromatic rings. The zero-order valence-corrected chi connectivity index (χ0v) is 23.9. The molecule has 208 valence electrons. The smallest absolute Gasteiger partial charge is 0.306 e. The summed E-state index contributed by atoms with van der Waals surface area (Å²) in [5.41, 5.74) is 5.31. The number of pyridine rings is 1. The van der Waals surface area contributed by atoms with Gasteiger partial charge in [0.25, 0.3) is 0 Å². The van der Waals surface area contributed by atoms with Crippen LogP contribution in [-0.2, 0) is 22.4 Å². The first kappa shape index (κ1) is 27.4. The van der Waals surface area contributed by atoms with Crippen LogP contribution < -0.4 is 5.32 Å². The van der Waals surface area contributed by atoms with Crippen molar-refractivity contribution in [1.82, 2.24) is 19.7 Å². The minimum absolute atomic E-state index is 0.0582. The van der Waals surface area contributed by atoms with E-state index in [4.69, 9.17) is 9.72 Å². The maximum Gasteiger partial charge on any atom is 0.306 e. The molecule has 0 radical (unpaired) electrons. The summed E-state index contributed by atoms with van der Waals surface area (Å²) in [7, 11) is 0. The van der Waals surface area contributed by atoms with Gasteiger partial charge in [-0.05, 0) is 108 Å². The lowest BCUT2D eigenvalue weighted by Gasteiger charge is -2.26. The predicted molar refractivity (Wildman–Crippen MR) is 155 cm³/mol. The van der Waals surface area contributed by atoms with Gasteiger partial charge in [0.2, 0.25) is 0 Å². The van der Waals surface area contributed by atoms with Crippen LogP contribution in [-0.4, -0.2) is 57.4 Å². The fourth-order valence-corrected chi connectivity index (χ4v) is 5.91. The zero-order chi connectivity index (χ0) is 27.4. The molecule has 2 unspecified atom stereocenters. The molecule has 0 bridgehead atoms. The van der Waals surface area contributed by atoms with Crippen molar-refractivity contribution in [3.63, 3.8) is 0 Å². The number of likely N-dealkylation sites (tertiary alicyclic amines) is 1. The number of anilines is 1. The summed E-state index contributed by atoms with van der Waals surface area (Å²) in [5.74, 6) is 1.65. The Morgan fingerprint density at radius 3 is 2.87 bits per heavy atom. The van der Waals surface area contributed by atoms with Gasteiger partial charge in [-0.3, -0.25) is 4.79 Å². The van der Waals surface area contributed by atoms with Gasteiger partial charge in [0.1, 0.15) is 11.4 Å². The first-order valence-corrected chi connectivity index (χ1v) is 14.5. The Balaban J connectivity index is 1.24. The predicted octanol–water partition coefficient (Wildman–Crippen LogP) is 5.70. The number of ether oxygens (including phenoxy) is 1. The number of hydrogen-bond donors (Lipinski definition) is 1. The van der Waals surface area contributed by atoms with Gasteiger partial charge in [0.05, 0.1) is 12.1 Å². The number of aromatic nitrogens is 3. The Kier molecular flexibility index (Phi) is 8.36. The summed E-state index contributed by atoms with van der Waals surface area (Å²) in [6.07, 6.45) is 7.85. The van der Waals surface area contributed by atoms with Crippen molar-refractivity contribution in [1.29, 1.82) is 0 Å². The van der Waals surface area contributed by atoms with Crippen LogP contribution in [0.3, 0.4) is 0 Å². The second kappa shape index (κ2) is 11.9. The van der Waals surface area contributed by atoms with Crippen molar-refractivity contribution in [2.45, 2.75) is 77.7 Å². The summed E-state index contributed by atoms with van der Waals surface area (Å²) < 4.78 is 7.69. The fraction of sp³-hybridized carbons (Fsp3) is 0.531. The molecule has 2 aliphatic heterocycles. The van der Waals surface area contributed by atoms with Gasteiger partial charge in [-0.1, -0.05) is 18.2 Å². The number of nitrogens with zero attached hydrogens (tertiary/aromatic N) is 4. The van der Waals surface area contributed by atoms with Crippen LogP contribution in [0.4, 0.5) is 5.82 Å². The van der Waals surface area contributed by atoms with Crippen molar-refractivity contribution < 1.29 is 9.53 Å². The van der Waals surface area contributed by atoms with Gasteiger partial charge in [0, 0.05) is 43.1 Å². The maximum absolute atomic E-state index is 12.9. The van der Waals surface area contributed by atoms with Gasteiger partial charge in [0.15, 0.2) is 0 Å². The SMILES string of the molecule is Cc1ccnn1-c1cccc(C(CC(=O)OC(C)(C)C)CN2CCC(CCc3ccc4c(n3)NCCC4)C2)c1. The third-order valence-corrected chi connectivity index (χ3v) is 7.86. The van der Waals surface area contributed by atoms with E-state index in [2.05, 4.69) is 58.6 Å². The van der Waals surface area contributed by atoms with Gasteiger partial charge >= 0.3 is 5.97 Å². The molecule has 39 heavy (non-hydrogen) atoms. The molecule has 5 rings (SSSR count). The highest BCUT2D eigenvalue weighted by Gasteiger charge is 2.28. The summed E-state index contributed by atoms with van der Waals surface area (Å²) in [6.45, 7) is 11.8. The quantitative estimate of drug-likeness (QED) is 0.358. The van der Waals surface area contributed by atoms with Gasteiger partial charge in [-0.2, -0.15) is 5.10 Å². The largest absolute Gasteiger partial charge is 0.460 e. The first-order valence-electron chi connectivity index (χ1n) is 14.5. The lowest BCUT2D eigenvalue weighted by Crippen LogP contribution is -2.30. The average molecular weight is 530 g/mol. The van der Waals surface area contributed by atoms with E-state index in [1.54, 1.807) is 0 Å². The standard InChI is InChI=1S/C32H43N5O2/c1-23-14-17-34-37(23)29-9-5-7-26(19-29)27(20-30(38)39-32(2,3)4)22-36-18-15-24(21-36)10-12-28-13-11-25-8-6-16-33-31(25)35-28/h5,7,9,11,13-14,17,19,24,27H,6,8,10,12,15-16,18,20-22H2,1-4H3,(H,33,35). The molecule has 0 amide bonds. The third-order valence-electron chi connectivity index (χ3n) is 7.86. The topological polar surface area (TPSA) is 72.3 Å². The first-order chi connectivity index (χ1) is 18.7. The van der Waals surface area contributed by atoms with Crippen LogP contribution >= 0.6 is 0 Å². The molecule has 7 heteroatoms. The lowest BCUT2D eigenvalue weighted by molar-refractivity contribution is -0.155. The molecule has 2 aromatic heterocycles. The molecule has 1 N–H and O–H groups in total. The Morgan fingerprint density at radius 1 is 1.21 bits per heavy atom. The van der Waals surface area contributed by atoms with E-state index in [0.29, 0.717) is 12.3 Å². The van der Waals surface area contributed by atoms with Gasteiger partial charge in [-0.15, -0.1) is 0 Å². The summed E-state index contributed by atoms with van der Waals surface area (Å²) >= 11 is 0. The Bertz CT molecular complexity index is 1280. The minimum Gasteiger partial charge on any atom is -0.460 e. The van der Waals surface area contributed by atoms with E-state index in [1.165, 1.54) is 24.1 Å². The lowest BCUT2D eigenvalue weighted by atomic mass is 9.94. The highest BCUT2D eigenvalue weighted by Crippen LogP contribution is 2.29. The highest BCUT2D eigenvalue weighted by atomic mass is 16.6. The Hall–Kier alpha value is -3.19. The minimum atomic E-state index is -0.491. The molecule has 4 heterocycles. The number of fused-ring (bicyclic) bond motifs is 1. The van der Waals surface area contributed by atoms with Crippen molar-refractivity contribution in [3.8, 4) is 5.69 Å². The van der Waals surface area contributed by atoms with E-state index >= 15 is 0 Å². The van der Waals surface area contributed by atoms with Crippen LogP contribution in [0.25, 0.3) is 5.69 Å². The number of esters is 1. The van der Waals surface area contributed by atoms with E-state index < -0.39 is 5.60 Å². The normalized spacial score (nSPS) is 18.4. The second-order valence-electron chi connectivity index (χ2n) is 12.3. The van der Waals surface area contributed by atoms with Crippen molar-refractivity contribution >= 4 is 11.8 Å². The number of aryl methyl sites for hydroxylation is 3. The van der Waals surface area contributed by atoms with E-state index in [0.717, 1.165) is 68.2 Å². The van der Waals surface area contributed by atoms with Crippen LogP contribution in [0.1, 0.15) is 74.9 Å². The van der Waals surface area contributed by atoms with Crippen molar-refractivity contribution in [2.24, 2.45) is 5.92 Å². The molecule has 2 aliphatic rings. The zero-order valence-electron chi connectivity index (χ0n) is 23.9. The third kappa shape index (κ3) is 7.27. The number of carbonyl (C=O) groups is 1. The maximum atomic E-state index is 12.9. The number of rotatable bonds is 9. The molecule has 0 spiro atoms. The fourth-order valence-electron chi connectivity index (χ4n) is 5.91. The highest BCUT2D eigenvalue weighted by molar-refractivity contribution is 5.71. The molecular formula is C32H43N5O2. The average Bonchev–Trinajstić information content (AvgIpc) is 3.54. The molecule has 0 aliphatic carbocycles. The van der Waals surface area contributed by atoms with E-state index in [-0.39, 0.29) is 11.9 Å². The van der Waals surface area contributed by atoms with E-state index in [9.17, 15) is 4.79 Å². The van der Waals surface area contributed by atoms with Crippen LogP contribution in [0.2, 0.25) is 0 Å². The van der Waals surface area contributed by atoms with Crippen LogP contribution in [0.15, 0.2) is 48.7 Å². The monoisotopic (exact) mass is 529 g/mol. The Morgan fingerprint density at radius 2 is 2.08 bits per heavy atom. The Labute approximate surface area is 233 Å². The van der Waals surface area contributed by atoms with Crippen LogP contribution in [0, 0.1) is 12.8 Å². The number of carbonyl (C=O) groups excluding carboxylic acids is 1. The summed E-state index contributed by atoms with van der Waals surface area (Å²) in [6, 6.07) is 14.9.